The number of ketones is 1. The Morgan fingerprint density at radius 3 is 2.21 bits per heavy atom. The fraction of sp³-hybridized carbons (Fsp3) is 0.500. The third kappa shape index (κ3) is 2.48. The highest BCUT2D eigenvalue weighted by atomic mass is 79.9. The molecule has 1 aromatic rings. The monoisotopic (exact) mass is 326 g/mol. The van der Waals surface area contributed by atoms with Crippen molar-refractivity contribution >= 4 is 21.7 Å². The first-order chi connectivity index (χ1) is 9.01. The molecule has 0 atom stereocenters. The highest BCUT2D eigenvalue weighted by Crippen LogP contribution is 2.38. The minimum absolute atomic E-state index is 0.125. The molecule has 3 fully saturated rings. The van der Waals surface area contributed by atoms with Crippen molar-refractivity contribution in [3.63, 3.8) is 0 Å². The van der Waals surface area contributed by atoms with Crippen molar-refractivity contribution in [1.29, 1.82) is 0 Å². The van der Waals surface area contributed by atoms with Crippen molar-refractivity contribution < 1.29 is 19.0 Å². The van der Waals surface area contributed by atoms with Gasteiger partial charge < -0.3 is 14.2 Å². The summed E-state index contributed by atoms with van der Waals surface area (Å²) in [7, 11) is 0. The maximum Gasteiger partial charge on any atom is 0.347 e. The Morgan fingerprint density at radius 2 is 1.68 bits per heavy atom. The van der Waals surface area contributed by atoms with Crippen LogP contribution in [0.5, 0.6) is 0 Å². The summed E-state index contributed by atoms with van der Waals surface area (Å²) in [5.41, 5.74) is 0.789. The second-order valence-corrected chi connectivity index (χ2v) is 6.37. The highest BCUT2D eigenvalue weighted by Gasteiger charge is 2.54. The Balaban J connectivity index is 1.72. The summed E-state index contributed by atoms with van der Waals surface area (Å²) in [4.78, 5) is 12.3. The number of Topliss-reactive ketones (excluding diaryl/α,β-unsaturated/α-hetero) is 1. The van der Waals surface area contributed by atoms with Crippen molar-refractivity contribution in [2.75, 3.05) is 19.8 Å². The molecule has 3 aliphatic heterocycles. The van der Waals surface area contributed by atoms with Crippen LogP contribution in [0.25, 0.3) is 0 Å². The number of carbonyl (C=O) groups excluding carboxylic acids is 1. The van der Waals surface area contributed by atoms with Crippen LogP contribution in [-0.4, -0.2) is 31.6 Å². The van der Waals surface area contributed by atoms with Gasteiger partial charge in [0.05, 0.1) is 19.8 Å². The SMILES string of the molecule is CC12COC(C(=O)Cc3ccc(Br)cc3)(OC1)OC2. The second-order valence-electron chi connectivity index (χ2n) is 5.46. The molecule has 0 aromatic heterocycles. The van der Waals surface area contributed by atoms with Gasteiger partial charge in [0.15, 0.2) is 0 Å². The Morgan fingerprint density at radius 1 is 1.16 bits per heavy atom. The van der Waals surface area contributed by atoms with E-state index in [1.165, 1.54) is 0 Å². The van der Waals surface area contributed by atoms with Crippen molar-refractivity contribution in [3.8, 4) is 0 Å². The summed E-state index contributed by atoms with van der Waals surface area (Å²) in [5.74, 6) is -1.67. The lowest BCUT2D eigenvalue weighted by Crippen LogP contribution is -2.62. The topological polar surface area (TPSA) is 44.8 Å². The number of rotatable bonds is 3. The van der Waals surface area contributed by atoms with Crippen LogP contribution in [0.4, 0.5) is 0 Å². The summed E-state index contributed by atoms with van der Waals surface area (Å²) in [6, 6.07) is 7.60. The van der Waals surface area contributed by atoms with Gasteiger partial charge in [0, 0.05) is 16.3 Å². The van der Waals surface area contributed by atoms with Gasteiger partial charge in [-0.15, -0.1) is 0 Å². The van der Waals surface area contributed by atoms with Gasteiger partial charge in [-0.05, 0) is 17.7 Å². The van der Waals surface area contributed by atoms with E-state index in [9.17, 15) is 4.79 Å². The van der Waals surface area contributed by atoms with E-state index < -0.39 is 5.97 Å². The lowest BCUT2D eigenvalue weighted by molar-refractivity contribution is -0.439. The number of fused-ring (bicyclic) bond motifs is 3. The van der Waals surface area contributed by atoms with E-state index in [0.717, 1.165) is 10.0 Å². The molecule has 0 radical (unpaired) electrons. The van der Waals surface area contributed by atoms with Crippen molar-refractivity contribution in [2.24, 2.45) is 5.41 Å². The summed E-state index contributed by atoms with van der Waals surface area (Å²) < 4.78 is 17.5. The summed E-state index contributed by atoms with van der Waals surface area (Å²) in [6.07, 6.45) is 0.240. The lowest BCUT2D eigenvalue weighted by atomic mass is 9.91. The first kappa shape index (κ1) is 13.2. The Labute approximate surface area is 120 Å². The Hall–Kier alpha value is -0.750. The van der Waals surface area contributed by atoms with Crippen LogP contribution in [0, 0.1) is 5.41 Å². The van der Waals surface area contributed by atoms with E-state index in [4.69, 9.17) is 14.2 Å². The summed E-state index contributed by atoms with van der Waals surface area (Å²) in [6.45, 7) is 3.52. The van der Waals surface area contributed by atoms with Crippen LogP contribution in [0.1, 0.15) is 12.5 Å². The zero-order valence-corrected chi connectivity index (χ0v) is 12.2. The number of carbonyl (C=O) groups is 1. The molecule has 3 saturated heterocycles. The molecule has 102 valence electrons. The van der Waals surface area contributed by atoms with Crippen LogP contribution in [0.3, 0.4) is 0 Å². The van der Waals surface area contributed by atoms with Gasteiger partial charge in [0.2, 0.25) is 5.78 Å². The minimum Gasteiger partial charge on any atom is -0.320 e. The van der Waals surface area contributed by atoms with E-state index in [-0.39, 0.29) is 17.6 Å². The molecule has 0 amide bonds. The fourth-order valence-corrected chi connectivity index (χ4v) is 2.46. The van der Waals surface area contributed by atoms with E-state index in [2.05, 4.69) is 15.9 Å². The molecule has 1 aromatic carbocycles. The zero-order valence-electron chi connectivity index (χ0n) is 10.6. The van der Waals surface area contributed by atoms with E-state index in [0.29, 0.717) is 19.8 Å². The molecule has 5 heteroatoms. The molecular formula is C14H15BrO4. The van der Waals surface area contributed by atoms with Gasteiger partial charge in [-0.2, -0.15) is 0 Å². The Kier molecular flexibility index (Phi) is 3.25. The normalized spacial score (nSPS) is 33.4. The summed E-state index contributed by atoms with van der Waals surface area (Å²) in [5, 5.41) is 0. The van der Waals surface area contributed by atoms with Crippen LogP contribution in [-0.2, 0) is 25.4 Å². The molecule has 0 saturated carbocycles. The Bertz CT molecular complexity index is 472. The quantitative estimate of drug-likeness (QED) is 0.855. The smallest absolute Gasteiger partial charge is 0.320 e. The average molecular weight is 327 g/mol. The van der Waals surface area contributed by atoms with Crippen molar-refractivity contribution in [1.82, 2.24) is 0 Å². The first-order valence-electron chi connectivity index (χ1n) is 6.21. The molecule has 0 unspecified atom stereocenters. The molecule has 2 bridgehead atoms. The molecule has 3 heterocycles. The first-order valence-corrected chi connectivity index (χ1v) is 7.00. The summed E-state index contributed by atoms with van der Waals surface area (Å²) >= 11 is 3.37. The number of ether oxygens (including phenoxy) is 3. The van der Waals surface area contributed by atoms with E-state index in [1.54, 1.807) is 0 Å². The predicted octanol–water partition coefficient (Wildman–Crippen LogP) is 2.30. The third-order valence-electron chi connectivity index (χ3n) is 3.45. The van der Waals surface area contributed by atoms with Gasteiger partial charge >= 0.3 is 5.97 Å². The molecule has 4 nitrogen and oxygen atoms in total. The van der Waals surface area contributed by atoms with E-state index >= 15 is 0 Å². The number of halogens is 1. The molecule has 0 N–H and O–H groups in total. The largest absolute Gasteiger partial charge is 0.347 e. The van der Waals surface area contributed by atoms with Gasteiger partial charge in [-0.1, -0.05) is 35.0 Å². The zero-order chi connectivity index (χ0) is 13.5. The molecule has 3 aliphatic rings. The number of hydrogen-bond acceptors (Lipinski definition) is 4. The molecule has 0 aliphatic carbocycles. The third-order valence-corrected chi connectivity index (χ3v) is 3.98. The minimum atomic E-state index is -1.48. The van der Waals surface area contributed by atoms with Crippen LogP contribution >= 0.6 is 15.9 Å². The van der Waals surface area contributed by atoms with Crippen LogP contribution in [0.2, 0.25) is 0 Å². The predicted molar refractivity (Wildman–Crippen MR) is 71.5 cm³/mol. The fourth-order valence-electron chi connectivity index (χ4n) is 2.20. The highest BCUT2D eigenvalue weighted by molar-refractivity contribution is 9.10. The standard InChI is InChI=1S/C14H15BrO4/c1-13-7-17-14(18-8-13,19-9-13)12(16)6-10-2-4-11(15)5-3-10/h2-5H,6-9H2,1H3. The molecule has 0 spiro atoms. The lowest BCUT2D eigenvalue weighted by Gasteiger charge is -2.49. The maximum absolute atomic E-state index is 12.3. The average Bonchev–Trinajstić information content (AvgIpc) is 2.42. The van der Waals surface area contributed by atoms with Crippen LogP contribution < -0.4 is 0 Å². The van der Waals surface area contributed by atoms with E-state index in [1.807, 2.05) is 31.2 Å². The van der Waals surface area contributed by atoms with Gasteiger partial charge in [-0.3, -0.25) is 4.79 Å². The second kappa shape index (κ2) is 4.66. The number of benzene rings is 1. The van der Waals surface area contributed by atoms with Gasteiger partial charge in [-0.25, -0.2) is 0 Å². The maximum atomic E-state index is 12.3. The molecular weight excluding hydrogens is 312 g/mol. The number of hydrogen-bond donors (Lipinski definition) is 0. The molecule has 4 rings (SSSR count). The van der Waals surface area contributed by atoms with Gasteiger partial charge in [0.25, 0.3) is 0 Å². The van der Waals surface area contributed by atoms with Gasteiger partial charge in [0.1, 0.15) is 0 Å². The van der Waals surface area contributed by atoms with Crippen LogP contribution in [0.15, 0.2) is 28.7 Å². The van der Waals surface area contributed by atoms with Crippen molar-refractivity contribution in [2.45, 2.75) is 19.3 Å². The molecule has 19 heavy (non-hydrogen) atoms. The van der Waals surface area contributed by atoms with Crippen molar-refractivity contribution in [3.05, 3.63) is 34.3 Å².